The van der Waals surface area contributed by atoms with Crippen molar-refractivity contribution in [3.63, 3.8) is 0 Å². The van der Waals surface area contributed by atoms with E-state index in [1.54, 1.807) is 0 Å². The van der Waals surface area contributed by atoms with E-state index in [0.717, 1.165) is 12.5 Å². The van der Waals surface area contributed by atoms with E-state index in [1.807, 2.05) is 12.5 Å². The van der Waals surface area contributed by atoms with Gasteiger partial charge in [0.1, 0.15) is 0 Å². The van der Waals surface area contributed by atoms with Gasteiger partial charge in [-0.15, -0.1) is 0 Å². The van der Waals surface area contributed by atoms with Crippen molar-refractivity contribution in [2.75, 3.05) is 0 Å². The molecule has 1 aromatic rings. The molecule has 1 aliphatic rings. The molecule has 0 saturated heterocycles. The third-order valence-corrected chi connectivity index (χ3v) is 3.71. The maximum atomic E-state index is 4.34. The van der Waals surface area contributed by atoms with Gasteiger partial charge >= 0.3 is 0 Å². The molecule has 0 radical (unpaired) electrons. The summed E-state index contributed by atoms with van der Waals surface area (Å²) in [5.74, 6) is 0.973. The summed E-state index contributed by atoms with van der Waals surface area (Å²) in [5, 5.41) is 3.55. The van der Waals surface area contributed by atoms with Crippen LogP contribution in [0.5, 0.6) is 0 Å². The van der Waals surface area contributed by atoms with Crippen molar-refractivity contribution in [2.24, 2.45) is 5.92 Å². The van der Waals surface area contributed by atoms with Gasteiger partial charge in [-0.1, -0.05) is 19.8 Å². The van der Waals surface area contributed by atoms with Crippen LogP contribution in [0.25, 0.3) is 0 Å². The van der Waals surface area contributed by atoms with Crippen molar-refractivity contribution in [1.82, 2.24) is 14.9 Å². The molecule has 1 fully saturated rings. The molecule has 1 aromatic heterocycles. The molecule has 2 rings (SSSR count). The lowest BCUT2D eigenvalue weighted by atomic mass is 10.1. The number of aromatic nitrogens is 2. The molecule has 3 nitrogen and oxygen atoms in total. The fourth-order valence-corrected chi connectivity index (χ4v) is 2.37. The molecule has 0 aliphatic heterocycles. The Bertz CT molecular complexity index is 371. The van der Waals surface area contributed by atoms with E-state index >= 15 is 0 Å². The Morgan fingerprint density at radius 2 is 2.17 bits per heavy atom. The molecule has 1 saturated carbocycles. The predicted molar refractivity (Wildman–Crippen MR) is 75.5 cm³/mol. The first-order valence-electron chi connectivity index (χ1n) is 7.25. The Morgan fingerprint density at radius 1 is 1.44 bits per heavy atom. The maximum absolute atomic E-state index is 4.34. The first kappa shape index (κ1) is 13.6. The van der Waals surface area contributed by atoms with Crippen molar-refractivity contribution < 1.29 is 0 Å². The molecule has 102 valence electrons. The standard InChI is InChI=1S/C15H27N3/c1-5-13(8-12-6-7-12)18-11-16-9-14(18)10-17-15(2,3)4/h9,11-13,17H,5-8,10H2,1-4H3. The minimum absolute atomic E-state index is 0.160. The van der Waals surface area contributed by atoms with E-state index in [0.29, 0.717) is 6.04 Å². The van der Waals surface area contributed by atoms with E-state index in [4.69, 9.17) is 0 Å². The summed E-state index contributed by atoms with van der Waals surface area (Å²) in [6.45, 7) is 9.80. The molecular weight excluding hydrogens is 222 g/mol. The molecule has 1 heterocycles. The first-order chi connectivity index (χ1) is 8.49. The zero-order valence-electron chi connectivity index (χ0n) is 12.2. The highest BCUT2D eigenvalue weighted by atomic mass is 15.1. The second kappa shape index (κ2) is 5.43. The molecule has 0 aromatic carbocycles. The highest BCUT2D eigenvalue weighted by Gasteiger charge is 2.26. The van der Waals surface area contributed by atoms with Crippen LogP contribution in [-0.4, -0.2) is 15.1 Å². The van der Waals surface area contributed by atoms with E-state index in [2.05, 4.69) is 42.6 Å². The lowest BCUT2D eigenvalue weighted by molar-refractivity contribution is 0.385. The number of nitrogens with one attached hydrogen (secondary N) is 1. The van der Waals surface area contributed by atoms with Crippen molar-refractivity contribution in [2.45, 2.75) is 71.5 Å². The summed E-state index contributed by atoms with van der Waals surface area (Å²) >= 11 is 0. The summed E-state index contributed by atoms with van der Waals surface area (Å²) in [4.78, 5) is 4.34. The van der Waals surface area contributed by atoms with Gasteiger partial charge in [-0.25, -0.2) is 4.98 Å². The van der Waals surface area contributed by atoms with Crippen LogP contribution in [0.3, 0.4) is 0 Å². The van der Waals surface area contributed by atoms with Crippen LogP contribution in [0.2, 0.25) is 0 Å². The van der Waals surface area contributed by atoms with Gasteiger partial charge < -0.3 is 9.88 Å². The number of rotatable bonds is 6. The summed E-state index contributed by atoms with van der Waals surface area (Å²) in [6.07, 6.45) is 9.41. The Balaban J connectivity index is 2.00. The summed E-state index contributed by atoms with van der Waals surface area (Å²) < 4.78 is 2.39. The van der Waals surface area contributed by atoms with Crippen LogP contribution < -0.4 is 5.32 Å². The van der Waals surface area contributed by atoms with Crippen molar-refractivity contribution >= 4 is 0 Å². The molecule has 18 heavy (non-hydrogen) atoms. The molecule has 1 aliphatic carbocycles. The van der Waals surface area contributed by atoms with Crippen LogP contribution in [0.15, 0.2) is 12.5 Å². The number of imidazole rings is 1. The second-order valence-corrected chi connectivity index (χ2v) is 6.64. The van der Waals surface area contributed by atoms with E-state index in [1.165, 1.54) is 31.4 Å². The van der Waals surface area contributed by atoms with Gasteiger partial charge in [0.25, 0.3) is 0 Å². The van der Waals surface area contributed by atoms with Crippen LogP contribution >= 0.6 is 0 Å². The number of nitrogens with zero attached hydrogens (tertiary/aromatic N) is 2. The number of hydrogen-bond donors (Lipinski definition) is 1. The lowest BCUT2D eigenvalue weighted by Gasteiger charge is -2.23. The van der Waals surface area contributed by atoms with Crippen LogP contribution in [0, 0.1) is 5.92 Å². The SMILES string of the molecule is CCC(CC1CC1)n1cncc1CNC(C)(C)C. The van der Waals surface area contributed by atoms with Crippen molar-refractivity contribution in [3.8, 4) is 0 Å². The molecule has 1 N–H and O–H groups in total. The van der Waals surface area contributed by atoms with Crippen molar-refractivity contribution in [1.29, 1.82) is 0 Å². The van der Waals surface area contributed by atoms with Crippen molar-refractivity contribution in [3.05, 3.63) is 18.2 Å². The normalized spacial score (nSPS) is 18.0. The highest BCUT2D eigenvalue weighted by Crippen LogP contribution is 2.38. The topological polar surface area (TPSA) is 29.9 Å². The van der Waals surface area contributed by atoms with E-state index < -0.39 is 0 Å². The summed E-state index contributed by atoms with van der Waals surface area (Å²) in [6, 6.07) is 0.636. The fraction of sp³-hybridized carbons (Fsp3) is 0.800. The van der Waals surface area contributed by atoms with Crippen LogP contribution in [-0.2, 0) is 6.54 Å². The zero-order valence-corrected chi connectivity index (χ0v) is 12.2. The highest BCUT2D eigenvalue weighted by molar-refractivity contribution is 5.01. The molecule has 0 spiro atoms. The summed E-state index contributed by atoms with van der Waals surface area (Å²) in [7, 11) is 0. The molecule has 0 amide bonds. The van der Waals surface area contributed by atoms with Gasteiger partial charge in [0.2, 0.25) is 0 Å². The first-order valence-corrected chi connectivity index (χ1v) is 7.25. The second-order valence-electron chi connectivity index (χ2n) is 6.64. The minimum atomic E-state index is 0.160. The van der Waals surface area contributed by atoms with Gasteiger partial charge in [-0.05, 0) is 39.5 Å². The van der Waals surface area contributed by atoms with Gasteiger partial charge in [0.15, 0.2) is 0 Å². The predicted octanol–water partition coefficient (Wildman–Crippen LogP) is 3.52. The van der Waals surface area contributed by atoms with Crippen LogP contribution in [0.1, 0.15) is 65.1 Å². The van der Waals surface area contributed by atoms with Gasteiger partial charge in [0.05, 0.1) is 12.0 Å². The number of hydrogen-bond acceptors (Lipinski definition) is 2. The van der Waals surface area contributed by atoms with Gasteiger partial charge in [-0.3, -0.25) is 0 Å². The Morgan fingerprint density at radius 3 is 2.72 bits per heavy atom. The summed E-state index contributed by atoms with van der Waals surface area (Å²) in [5.41, 5.74) is 1.48. The molecule has 1 unspecified atom stereocenters. The minimum Gasteiger partial charge on any atom is -0.330 e. The quantitative estimate of drug-likeness (QED) is 0.836. The monoisotopic (exact) mass is 249 g/mol. The molecule has 0 bridgehead atoms. The van der Waals surface area contributed by atoms with E-state index in [-0.39, 0.29) is 5.54 Å². The Labute approximate surface area is 111 Å². The average molecular weight is 249 g/mol. The molecule has 1 atom stereocenters. The Kier molecular flexibility index (Phi) is 4.10. The largest absolute Gasteiger partial charge is 0.330 e. The lowest BCUT2D eigenvalue weighted by Crippen LogP contribution is -2.35. The average Bonchev–Trinajstić information content (AvgIpc) is 2.99. The Hall–Kier alpha value is -0.830. The molecule has 3 heteroatoms. The fourth-order valence-electron chi connectivity index (χ4n) is 2.37. The zero-order chi connectivity index (χ0) is 13.2. The molecular formula is C15H27N3. The third-order valence-electron chi connectivity index (χ3n) is 3.71. The van der Waals surface area contributed by atoms with Gasteiger partial charge in [-0.2, -0.15) is 0 Å². The van der Waals surface area contributed by atoms with Crippen LogP contribution in [0.4, 0.5) is 0 Å². The maximum Gasteiger partial charge on any atom is 0.0951 e. The smallest absolute Gasteiger partial charge is 0.0951 e. The third kappa shape index (κ3) is 3.84. The van der Waals surface area contributed by atoms with E-state index in [9.17, 15) is 0 Å². The van der Waals surface area contributed by atoms with Gasteiger partial charge in [0, 0.05) is 24.3 Å².